The Morgan fingerprint density at radius 2 is 0.964 bits per heavy atom. The van der Waals surface area contributed by atoms with Crippen LogP contribution >= 0.6 is 0 Å². The molecule has 1 aliphatic rings. The summed E-state index contributed by atoms with van der Waals surface area (Å²) >= 11 is 0. The van der Waals surface area contributed by atoms with Crippen molar-refractivity contribution < 1.29 is 0 Å². The molecule has 0 fully saturated rings. The van der Waals surface area contributed by atoms with Gasteiger partial charge in [0, 0.05) is 33.0 Å². The molecule has 8 aromatic carbocycles. The maximum atomic E-state index is 5.22. The lowest BCUT2D eigenvalue weighted by molar-refractivity contribution is 1.00. The molecule has 0 unspecified atom stereocenters. The molecule has 2 heterocycles. The molecule has 0 saturated carbocycles. The van der Waals surface area contributed by atoms with Gasteiger partial charge in [-0.2, -0.15) is 0 Å². The van der Waals surface area contributed by atoms with Crippen molar-refractivity contribution >= 4 is 49.4 Å². The van der Waals surface area contributed by atoms with Crippen LogP contribution < -0.4 is 0 Å². The van der Waals surface area contributed by atoms with Crippen LogP contribution in [0.15, 0.2) is 176 Å². The van der Waals surface area contributed by atoms with E-state index in [1.165, 1.54) is 54.5 Å². The van der Waals surface area contributed by atoms with Crippen LogP contribution in [-0.2, 0) is 6.42 Å². The molecule has 0 N–H and O–H groups in total. The number of hydrogen-bond donors (Lipinski definition) is 0. The smallest absolute Gasteiger partial charge is 0.164 e. The van der Waals surface area contributed by atoms with Crippen LogP contribution in [0.5, 0.6) is 0 Å². The molecule has 258 valence electrons. The first-order chi connectivity index (χ1) is 27.3. The zero-order chi connectivity index (χ0) is 36.3. The number of nitrogens with zero attached hydrogens (tertiary/aromatic N) is 4. The van der Waals surface area contributed by atoms with Gasteiger partial charge in [0.25, 0.3) is 0 Å². The number of hydrogen-bond acceptors (Lipinski definition) is 3. The highest BCUT2D eigenvalue weighted by Crippen LogP contribution is 2.40. The Hall–Kier alpha value is -7.17. The quantitative estimate of drug-likeness (QED) is 0.168. The minimum atomic E-state index is 0.639. The average molecular weight is 703 g/mol. The van der Waals surface area contributed by atoms with Crippen molar-refractivity contribution in [1.82, 2.24) is 19.5 Å². The van der Waals surface area contributed by atoms with Crippen molar-refractivity contribution in [3.05, 3.63) is 187 Å². The molecule has 0 spiro atoms. The fourth-order valence-electron chi connectivity index (χ4n) is 8.59. The summed E-state index contributed by atoms with van der Waals surface area (Å²) in [6, 6.07) is 60.3. The Morgan fingerprint density at radius 3 is 1.73 bits per heavy atom. The summed E-state index contributed by atoms with van der Waals surface area (Å²) in [7, 11) is 0. The van der Waals surface area contributed by atoms with E-state index in [-0.39, 0.29) is 0 Å². The highest BCUT2D eigenvalue weighted by Gasteiger charge is 2.19. The van der Waals surface area contributed by atoms with Crippen molar-refractivity contribution in [1.29, 1.82) is 0 Å². The number of aryl methyl sites for hydroxylation is 1. The molecule has 0 amide bonds. The second-order valence-electron chi connectivity index (χ2n) is 14.3. The SMILES string of the molecule is C1=Cc2c(c3ccccc3c3ccc(-c4nc(-c5ccccc5)nc(-c5cccc(-c6ccccc6-n6c7ccccc7c7ccccc76)c5)n4)cc23)CC1. The molecular formula is C51H34N4. The summed E-state index contributed by atoms with van der Waals surface area (Å²) in [5.74, 6) is 1.95. The zero-order valence-electron chi connectivity index (χ0n) is 30.0. The molecule has 2 aromatic heterocycles. The van der Waals surface area contributed by atoms with Crippen LogP contribution in [0.25, 0.3) is 100 Å². The van der Waals surface area contributed by atoms with Crippen molar-refractivity contribution in [2.45, 2.75) is 12.8 Å². The lowest BCUT2D eigenvalue weighted by atomic mass is 9.86. The summed E-state index contributed by atoms with van der Waals surface area (Å²) in [4.78, 5) is 15.5. The van der Waals surface area contributed by atoms with Crippen molar-refractivity contribution in [2.75, 3.05) is 0 Å². The van der Waals surface area contributed by atoms with Gasteiger partial charge in [-0.15, -0.1) is 0 Å². The van der Waals surface area contributed by atoms with Crippen molar-refractivity contribution in [2.24, 2.45) is 0 Å². The third-order valence-electron chi connectivity index (χ3n) is 11.1. The van der Waals surface area contributed by atoms with Crippen LogP contribution in [0.3, 0.4) is 0 Å². The Morgan fingerprint density at radius 1 is 0.400 bits per heavy atom. The molecule has 0 radical (unpaired) electrons. The van der Waals surface area contributed by atoms with Crippen LogP contribution in [0, 0.1) is 0 Å². The molecule has 0 aliphatic heterocycles. The molecule has 0 saturated heterocycles. The zero-order valence-corrected chi connectivity index (χ0v) is 30.0. The lowest BCUT2D eigenvalue weighted by Crippen LogP contribution is -2.01. The van der Waals surface area contributed by atoms with Gasteiger partial charge in [-0.25, -0.2) is 15.0 Å². The molecule has 0 atom stereocenters. The van der Waals surface area contributed by atoms with E-state index >= 15 is 0 Å². The van der Waals surface area contributed by atoms with E-state index in [0.717, 1.165) is 46.3 Å². The van der Waals surface area contributed by atoms with Gasteiger partial charge in [-0.1, -0.05) is 152 Å². The van der Waals surface area contributed by atoms with Crippen LogP contribution in [-0.4, -0.2) is 19.5 Å². The van der Waals surface area contributed by atoms with Gasteiger partial charge in [0.2, 0.25) is 0 Å². The first-order valence-electron chi connectivity index (χ1n) is 18.9. The summed E-state index contributed by atoms with van der Waals surface area (Å²) in [6.45, 7) is 0. The lowest BCUT2D eigenvalue weighted by Gasteiger charge is -2.18. The van der Waals surface area contributed by atoms with Gasteiger partial charge in [0.15, 0.2) is 17.5 Å². The summed E-state index contributed by atoms with van der Waals surface area (Å²) < 4.78 is 2.39. The normalized spacial score (nSPS) is 12.5. The molecule has 4 heteroatoms. The Kier molecular flexibility index (Phi) is 7.27. The predicted octanol–water partition coefficient (Wildman–Crippen LogP) is 12.9. The van der Waals surface area contributed by atoms with Gasteiger partial charge in [0.05, 0.1) is 16.7 Å². The third-order valence-corrected chi connectivity index (χ3v) is 11.1. The summed E-state index contributed by atoms with van der Waals surface area (Å²) in [6.07, 6.45) is 6.69. The van der Waals surface area contributed by atoms with Gasteiger partial charge in [-0.05, 0) is 81.4 Å². The molecule has 1 aliphatic carbocycles. The second kappa shape index (κ2) is 12.8. The van der Waals surface area contributed by atoms with Crippen LogP contribution in [0.4, 0.5) is 0 Å². The minimum absolute atomic E-state index is 0.639. The van der Waals surface area contributed by atoms with Gasteiger partial charge >= 0.3 is 0 Å². The van der Waals surface area contributed by atoms with E-state index in [1.807, 2.05) is 18.2 Å². The molecule has 55 heavy (non-hydrogen) atoms. The van der Waals surface area contributed by atoms with Crippen LogP contribution in [0.2, 0.25) is 0 Å². The van der Waals surface area contributed by atoms with Crippen molar-refractivity contribution in [3.8, 4) is 51.0 Å². The first kappa shape index (κ1) is 31.4. The molecule has 10 aromatic rings. The van der Waals surface area contributed by atoms with E-state index < -0.39 is 0 Å². The number of para-hydroxylation sites is 3. The van der Waals surface area contributed by atoms with E-state index in [9.17, 15) is 0 Å². The molecule has 0 bridgehead atoms. The molecular weight excluding hydrogens is 669 g/mol. The number of allylic oxidation sites excluding steroid dienone is 1. The van der Waals surface area contributed by atoms with E-state index in [2.05, 4.69) is 168 Å². The van der Waals surface area contributed by atoms with E-state index in [4.69, 9.17) is 15.0 Å². The number of rotatable bonds is 5. The highest BCUT2D eigenvalue weighted by atomic mass is 15.0. The van der Waals surface area contributed by atoms with Crippen LogP contribution in [0.1, 0.15) is 17.5 Å². The highest BCUT2D eigenvalue weighted by molar-refractivity contribution is 6.14. The Labute approximate surface area is 318 Å². The van der Waals surface area contributed by atoms with Gasteiger partial charge in [-0.3, -0.25) is 0 Å². The van der Waals surface area contributed by atoms with E-state index in [0.29, 0.717) is 17.5 Å². The van der Waals surface area contributed by atoms with Crippen molar-refractivity contribution in [3.63, 3.8) is 0 Å². The standard InChI is InChI=1S/C51H34N4/c1-2-15-33(16-3-1)49-52-50(54-51(53-49)36-29-30-42-40-22-5-4-20-38(40)39-21-6-7-23-41(39)45(42)32-36)35-18-14-17-34(31-35)37-19-8-11-26-46(37)55-47-27-12-9-24-43(47)44-25-10-13-28-48(44)55/h1-5,7-20,22-32H,6,21H2. The number of aromatic nitrogens is 4. The van der Waals surface area contributed by atoms with Gasteiger partial charge < -0.3 is 4.57 Å². The van der Waals surface area contributed by atoms with E-state index in [1.54, 1.807) is 0 Å². The maximum absolute atomic E-state index is 5.22. The van der Waals surface area contributed by atoms with Gasteiger partial charge in [0.1, 0.15) is 0 Å². The topological polar surface area (TPSA) is 43.6 Å². The number of fused-ring (bicyclic) bond motifs is 9. The fraction of sp³-hybridized carbons (Fsp3) is 0.0392. The molecule has 11 rings (SSSR count). The molecule has 4 nitrogen and oxygen atoms in total. The Balaban J connectivity index is 1.09. The summed E-state index contributed by atoms with van der Waals surface area (Å²) in [5, 5.41) is 7.59. The summed E-state index contributed by atoms with van der Waals surface area (Å²) in [5.41, 5.74) is 11.3. The fourth-order valence-corrected chi connectivity index (χ4v) is 8.59. The Bertz CT molecular complexity index is 3100. The maximum Gasteiger partial charge on any atom is 0.164 e. The third kappa shape index (κ3) is 5.18. The minimum Gasteiger partial charge on any atom is -0.309 e. The number of benzene rings is 8. The second-order valence-corrected chi connectivity index (χ2v) is 14.3. The largest absolute Gasteiger partial charge is 0.309 e. The monoisotopic (exact) mass is 702 g/mol. The predicted molar refractivity (Wildman–Crippen MR) is 228 cm³/mol. The first-order valence-corrected chi connectivity index (χ1v) is 18.9. The average Bonchev–Trinajstić information content (AvgIpc) is 3.61.